The van der Waals surface area contributed by atoms with Gasteiger partial charge in [-0.2, -0.15) is 0 Å². The lowest BCUT2D eigenvalue weighted by atomic mass is 10.3. The Kier molecular flexibility index (Phi) is 7.63. The zero-order valence-corrected chi connectivity index (χ0v) is 17.7. The van der Waals surface area contributed by atoms with E-state index in [2.05, 4.69) is 4.72 Å². The van der Waals surface area contributed by atoms with Crippen LogP contribution in [0.1, 0.15) is 28.4 Å². The molecule has 0 spiro atoms. The molecule has 1 N–H and O–H groups in total. The highest BCUT2D eigenvalue weighted by Gasteiger charge is 2.27. The Morgan fingerprint density at radius 1 is 1.11 bits per heavy atom. The van der Waals surface area contributed by atoms with Crippen LogP contribution >= 0.6 is 11.3 Å². The molecule has 0 aromatic carbocycles. The van der Waals surface area contributed by atoms with E-state index >= 15 is 0 Å². The van der Waals surface area contributed by atoms with Crippen molar-refractivity contribution < 1.29 is 18.0 Å². The minimum absolute atomic E-state index is 0.0303. The molecule has 0 unspecified atom stereocenters. The van der Waals surface area contributed by atoms with Crippen LogP contribution < -0.4 is 4.72 Å². The molecule has 10 heteroatoms. The van der Waals surface area contributed by atoms with E-state index in [1.807, 2.05) is 19.9 Å². The summed E-state index contributed by atoms with van der Waals surface area (Å²) < 4.78 is 24.6. The van der Waals surface area contributed by atoms with Crippen LogP contribution in [0, 0.1) is 0 Å². The number of amides is 3. The second-order valence-corrected chi connectivity index (χ2v) is 9.42. The molecular formula is C17H28N4O4S2. The molecule has 1 aliphatic heterocycles. The molecule has 8 nitrogen and oxygen atoms in total. The molecule has 0 bridgehead atoms. The van der Waals surface area contributed by atoms with Crippen molar-refractivity contribution in [2.75, 3.05) is 52.1 Å². The lowest BCUT2D eigenvalue weighted by Gasteiger charge is -2.37. The molecule has 27 heavy (non-hydrogen) atoms. The number of thiophene rings is 1. The van der Waals surface area contributed by atoms with E-state index in [1.54, 1.807) is 20.8 Å². The van der Waals surface area contributed by atoms with Gasteiger partial charge in [-0.05, 0) is 32.4 Å². The maximum Gasteiger partial charge on any atom is 0.320 e. The van der Waals surface area contributed by atoms with Crippen LogP contribution in [0.2, 0.25) is 0 Å². The van der Waals surface area contributed by atoms with Crippen molar-refractivity contribution in [1.29, 1.82) is 0 Å². The maximum absolute atomic E-state index is 12.7. The summed E-state index contributed by atoms with van der Waals surface area (Å²) in [7, 11) is -3.20. The number of rotatable bonds is 7. The third-order valence-electron chi connectivity index (χ3n) is 4.48. The first-order valence-electron chi connectivity index (χ1n) is 9.11. The van der Waals surface area contributed by atoms with Crippen molar-refractivity contribution in [3.63, 3.8) is 0 Å². The van der Waals surface area contributed by atoms with Crippen molar-refractivity contribution in [1.82, 2.24) is 19.4 Å². The van der Waals surface area contributed by atoms with E-state index in [9.17, 15) is 18.0 Å². The van der Waals surface area contributed by atoms with Crippen LogP contribution in [-0.2, 0) is 16.4 Å². The van der Waals surface area contributed by atoms with Crippen LogP contribution in [0.3, 0.4) is 0 Å². The molecule has 3 amide bonds. The minimum Gasteiger partial charge on any atom is -0.334 e. The smallest absolute Gasteiger partial charge is 0.320 e. The van der Waals surface area contributed by atoms with Gasteiger partial charge in [0.25, 0.3) is 5.91 Å². The van der Waals surface area contributed by atoms with Gasteiger partial charge in [0.1, 0.15) is 0 Å². The Morgan fingerprint density at radius 3 is 2.26 bits per heavy atom. The first-order chi connectivity index (χ1) is 12.7. The number of piperazine rings is 1. The number of hydrogen-bond acceptors (Lipinski definition) is 5. The van der Waals surface area contributed by atoms with Gasteiger partial charge >= 0.3 is 6.03 Å². The zero-order valence-electron chi connectivity index (χ0n) is 16.1. The summed E-state index contributed by atoms with van der Waals surface area (Å²) in [5.41, 5.74) is 0. The van der Waals surface area contributed by atoms with E-state index in [-0.39, 0.29) is 11.9 Å². The van der Waals surface area contributed by atoms with Gasteiger partial charge in [-0.15, -0.1) is 11.3 Å². The van der Waals surface area contributed by atoms with Crippen molar-refractivity contribution in [3.8, 4) is 0 Å². The van der Waals surface area contributed by atoms with Gasteiger partial charge in [0.15, 0.2) is 0 Å². The molecule has 0 saturated carbocycles. The average Bonchev–Trinajstić information content (AvgIpc) is 3.10. The Hall–Kier alpha value is -1.65. The quantitative estimate of drug-likeness (QED) is 0.720. The van der Waals surface area contributed by atoms with E-state index in [1.165, 1.54) is 11.3 Å². The Labute approximate surface area is 165 Å². The molecule has 1 aromatic heterocycles. The van der Waals surface area contributed by atoms with Crippen LogP contribution in [-0.4, -0.2) is 87.1 Å². The minimum atomic E-state index is -3.20. The van der Waals surface area contributed by atoms with Crippen LogP contribution in [0.15, 0.2) is 12.1 Å². The summed E-state index contributed by atoms with van der Waals surface area (Å²) >= 11 is 1.39. The lowest BCUT2D eigenvalue weighted by Crippen LogP contribution is -2.53. The number of nitrogens with one attached hydrogen (secondary N) is 1. The summed E-state index contributed by atoms with van der Waals surface area (Å²) in [6.07, 6.45) is 1.68. The van der Waals surface area contributed by atoms with Crippen LogP contribution in [0.4, 0.5) is 4.79 Å². The van der Waals surface area contributed by atoms with Crippen molar-refractivity contribution in [2.24, 2.45) is 0 Å². The maximum atomic E-state index is 12.7. The number of carbonyl (C=O) groups excluding carboxylic acids is 2. The number of sulfonamides is 1. The molecule has 2 rings (SSSR count). The largest absolute Gasteiger partial charge is 0.334 e. The van der Waals surface area contributed by atoms with Gasteiger partial charge in [-0.1, -0.05) is 0 Å². The number of nitrogens with zero attached hydrogens (tertiary/aromatic N) is 3. The standard InChI is InChI=1S/C17H28N4O4S2/c1-4-19(5-2)17(23)21-12-10-20(11-13-21)16(22)15-7-6-14(26-15)8-9-18-27(3,24)25/h6-7,18H,4-5,8-13H2,1-3H3. The Morgan fingerprint density at radius 2 is 1.70 bits per heavy atom. The topological polar surface area (TPSA) is 90.0 Å². The first-order valence-corrected chi connectivity index (χ1v) is 11.8. The van der Waals surface area contributed by atoms with Crippen molar-refractivity contribution in [3.05, 3.63) is 21.9 Å². The third-order valence-corrected chi connectivity index (χ3v) is 6.34. The molecule has 0 atom stereocenters. The fourth-order valence-electron chi connectivity index (χ4n) is 2.94. The van der Waals surface area contributed by atoms with Gasteiger partial charge < -0.3 is 14.7 Å². The zero-order chi connectivity index (χ0) is 20.0. The predicted octanol–water partition coefficient (Wildman–Crippen LogP) is 1.06. The number of urea groups is 1. The highest BCUT2D eigenvalue weighted by molar-refractivity contribution is 7.88. The van der Waals surface area contributed by atoms with Gasteiger partial charge in [-0.3, -0.25) is 4.79 Å². The second-order valence-electron chi connectivity index (χ2n) is 6.42. The summed E-state index contributed by atoms with van der Waals surface area (Å²) in [5.74, 6) is -0.0303. The highest BCUT2D eigenvalue weighted by atomic mass is 32.2. The van der Waals surface area contributed by atoms with Crippen molar-refractivity contribution >= 4 is 33.3 Å². The molecule has 1 aromatic rings. The van der Waals surface area contributed by atoms with Crippen LogP contribution in [0.5, 0.6) is 0 Å². The van der Waals surface area contributed by atoms with Gasteiger partial charge in [0.2, 0.25) is 10.0 Å². The molecular weight excluding hydrogens is 388 g/mol. The second kappa shape index (κ2) is 9.52. The third kappa shape index (κ3) is 6.18. The molecule has 2 heterocycles. The fourth-order valence-corrected chi connectivity index (χ4v) is 4.39. The summed E-state index contributed by atoms with van der Waals surface area (Å²) in [4.78, 5) is 32.0. The van der Waals surface area contributed by atoms with Gasteiger partial charge in [0, 0.05) is 50.7 Å². The number of carbonyl (C=O) groups is 2. The van der Waals surface area contributed by atoms with E-state index in [0.29, 0.717) is 57.1 Å². The van der Waals surface area contributed by atoms with Crippen molar-refractivity contribution in [2.45, 2.75) is 20.3 Å². The summed E-state index contributed by atoms with van der Waals surface area (Å²) in [6, 6.07) is 3.68. The Bertz CT molecular complexity index is 751. The lowest BCUT2D eigenvalue weighted by molar-refractivity contribution is 0.0646. The normalized spacial score (nSPS) is 15.1. The molecule has 1 fully saturated rings. The number of hydrogen-bond donors (Lipinski definition) is 1. The monoisotopic (exact) mass is 416 g/mol. The molecule has 152 valence electrons. The van der Waals surface area contributed by atoms with Crippen LogP contribution in [0.25, 0.3) is 0 Å². The molecule has 1 aliphatic rings. The Balaban J connectivity index is 1.86. The summed E-state index contributed by atoms with van der Waals surface area (Å²) in [6.45, 7) is 7.72. The molecule has 1 saturated heterocycles. The first kappa shape index (κ1) is 21.6. The average molecular weight is 417 g/mol. The molecule has 0 aliphatic carbocycles. The van der Waals surface area contributed by atoms with E-state index in [0.717, 1.165) is 11.1 Å². The fraction of sp³-hybridized carbons (Fsp3) is 0.647. The van der Waals surface area contributed by atoms with E-state index < -0.39 is 10.0 Å². The highest BCUT2D eigenvalue weighted by Crippen LogP contribution is 2.20. The molecule has 0 radical (unpaired) electrons. The summed E-state index contributed by atoms with van der Waals surface area (Å²) in [5, 5.41) is 0. The predicted molar refractivity (Wildman–Crippen MR) is 107 cm³/mol. The van der Waals surface area contributed by atoms with Gasteiger partial charge in [-0.25, -0.2) is 17.9 Å². The van der Waals surface area contributed by atoms with Gasteiger partial charge in [0.05, 0.1) is 11.1 Å². The van der Waals surface area contributed by atoms with E-state index in [4.69, 9.17) is 0 Å². The SMILES string of the molecule is CCN(CC)C(=O)N1CCN(C(=O)c2ccc(CCNS(C)(=O)=O)s2)CC1.